The van der Waals surface area contributed by atoms with Crippen molar-refractivity contribution in [3.8, 4) is 0 Å². The highest BCUT2D eigenvalue weighted by Gasteiger charge is 2.38. The van der Waals surface area contributed by atoms with Crippen LogP contribution in [0.15, 0.2) is 91.0 Å². The third-order valence-electron chi connectivity index (χ3n) is 5.67. The van der Waals surface area contributed by atoms with Crippen LogP contribution < -0.4 is 16.0 Å². The van der Waals surface area contributed by atoms with Gasteiger partial charge in [-0.25, -0.2) is 14.2 Å². The number of benzene rings is 3. The van der Waals surface area contributed by atoms with E-state index >= 15 is 0 Å². The molecule has 0 saturated heterocycles. The number of alkyl halides is 3. The van der Waals surface area contributed by atoms with Crippen molar-refractivity contribution < 1.29 is 32.3 Å². The minimum atomic E-state index is -5.08. The number of carbonyl (C=O) groups excluding carboxylic acids is 1. The number of aromatic nitrogens is 2. The predicted octanol–water partition coefficient (Wildman–Crippen LogP) is 5.87. The molecule has 4 rings (SSSR count). The summed E-state index contributed by atoms with van der Waals surface area (Å²) in [5, 5.41) is 16.6. The van der Waals surface area contributed by atoms with E-state index in [4.69, 9.17) is 9.90 Å². The lowest BCUT2D eigenvalue weighted by Crippen LogP contribution is -2.37. The molecule has 0 aliphatic rings. The molecule has 3 aromatic carbocycles. The molecule has 0 fully saturated rings. The molecule has 1 atom stereocenters. The van der Waals surface area contributed by atoms with Gasteiger partial charge in [0, 0.05) is 30.4 Å². The third-order valence-corrected chi connectivity index (χ3v) is 5.67. The van der Waals surface area contributed by atoms with Gasteiger partial charge in [0.1, 0.15) is 17.7 Å². The molecule has 12 heteroatoms. The Morgan fingerprint density at radius 3 is 2.07 bits per heavy atom. The third kappa shape index (κ3) is 10.9. The zero-order valence-corrected chi connectivity index (χ0v) is 22.5. The number of aliphatic carboxylic acids is 1. The van der Waals surface area contributed by atoms with E-state index < -0.39 is 18.2 Å². The average Bonchev–Trinajstić information content (AvgIpc) is 2.94. The Bertz CT molecular complexity index is 1440. The summed E-state index contributed by atoms with van der Waals surface area (Å²) in [5.41, 5.74) is 3.56. The van der Waals surface area contributed by atoms with Gasteiger partial charge in [-0.1, -0.05) is 60.7 Å². The molecule has 1 amide bonds. The van der Waals surface area contributed by atoms with Crippen LogP contribution in [0.4, 0.5) is 35.0 Å². The molecule has 0 bridgehead atoms. The van der Waals surface area contributed by atoms with Crippen LogP contribution in [0.2, 0.25) is 0 Å². The van der Waals surface area contributed by atoms with Crippen molar-refractivity contribution >= 4 is 29.3 Å². The van der Waals surface area contributed by atoms with Crippen LogP contribution in [-0.2, 0) is 22.4 Å². The number of halogens is 4. The maximum absolute atomic E-state index is 13.2. The Hall–Kier alpha value is -5.00. The first-order valence-corrected chi connectivity index (χ1v) is 12.8. The van der Waals surface area contributed by atoms with E-state index in [1.165, 1.54) is 12.1 Å². The topological polar surface area (TPSA) is 116 Å². The van der Waals surface area contributed by atoms with Crippen LogP contribution in [0.25, 0.3) is 0 Å². The predicted molar refractivity (Wildman–Crippen MR) is 152 cm³/mol. The van der Waals surface area contributed by atoms with Crippen LogP contribution in [0, 0.1) is 12.7 Å². The molecule has 0 aliphatic carbocycles. The number of hydrogen-bond acceptors (Lipinski definition) is 6. The second kappa shape index (κ2) is 15.1. The Morgan fingerprint density at radius 2 is 1.48 bits per heavy atom. The van der Waals surface area contributed by atoms with E-state index in [1.807, 2.05) is 73.7 Å². The molecule has 1 heterocycles. The molecule has 0 spiro atoms. The van der Waals surface area contributed by atoms with Gasteiger partial charge >= 0.3 is 12.1 Å². The minimum absolute atomic E-state index is 0.151. The van der Waals surface area contributed by atoms with Crippen LogP contribution in [0.3, 0.4) is 0 Å². The number of aryl methyl sites for hydroxylation is 1. The van der Waals surface area contributed by atoms with E-state index in [2.05, 4.69) is 25.9 Å². The zero-order valence-electron chi connectivity index (χ0n) is 22.5. The number of rotatable bonds is 10. The monoisotopic (exact) mass is 583 g/mol. The maximum Gasteiger partial charge on any atom is 0.490 e. The largest absolute Gasteiger partial charge is 0.490 e. The lowest BCUT2D eigenvalue weighted by atomic mass is 10.0. The van der Waals surface area contributed by atoms with Crippen molar-refractivity contribution in [2.45, 2.75) is 32.0 Å². The van der Waals surface area contributed by atoms with Crippen LogP contribution >= 0.6 is 0 Å². The van der Waals surface area contributed by atoms with E-state index in [0.717, 1.165) is 22.5 Å². The number of hydrogen-bond donors (Lipinski definition) is 4. The minimum Gasteiger partial charge on any atom is -0.475 e. The lowest BCUT2D eigenvalue weighted by Gasteiger charge is -2.20. The van der Waals surface area contributed by atoms with Crippen LogP contribution in [0.1, 0.15) is 16.8 Å². The first-order valence-electron chi connectivity index (χ1n) is 12.8. The molecule has 1 aromatic heterocycles. The molecule has 4 N–H and O–H groups in total. The molecule has 0 unspecified atom stereocenters. The second-order valence-electron chi connectivity index (χ2n) is 9.07. The highest BCUT2D eigenvalue weighted by Crippen LogP contribution is 2.16. The molecular weight excluding hydrogens is 554 g/mol. The number of carboxylic acid groups (broad SMARTS) is 1. The normalized spacial score (nSPS) is 11.5. The number of anilines is 3. The number of amides is 1. The molecule has 0 radical (unpaired) electrons. The van der Waals surface area contributed by atoms with Gasteiger partial charge in [0.25, 0.3) is 0 Å². The molecule has 0 saturated carbocycles. The van der Waals surface area contributed by atoms with Gasteiger partial charge in [0.15, 0.2) is 0 Å². The summed E-state index contributed by atoms with van der Waals surface area (Å²) in [6.45, 7) is 2.48. The fourth-order valence-corrected chi connectivity index (χ4v) is 3.68. The van der Waals surface area contributed by atoms with Crippen molar-refractivity contribution in [3.05, 3.63) is 114 Å². The van der Waals surface area contributed by atoms with E-state index in [-0.39, 0.29) is 11.7 Å². The van der Waals surface area contributed by atoms with Gasteiger partial charge in [-0.2, -0.15) is 18.2 Å². The highest BCUT2D eigenvalue weighted by atomic mass is 19.4. The first-order chi connectivity index (χ1) is 20.0. The SMILES string of the molecule is Cc1cc(N[C@@H](Cc2ccccc2)C(=O)Nc2ccccc2)nc(NCCc2ccc(F)cc2)n1.O=C(O)C(F)(F)F. The number of carbonyl (C=O) groups is 2. The number of nitrogens with zero attached hydrogens (tertiary/aromatic N) is 2. The maximum atomic E-state index is 13.2. The molecule has 42 heavy (non-hydrogen) atoms. The van der Waals surface area contributed by atoms with Crippen molar-refractivity contribution in [2.24, 2.45) is 0 Å². The van der Waals surface area contributed by atoms with Gasteiger partial charge in [-0.15, -0.1) is 0 Å². The quantitative estimate of drug-likeness (QED) is 0.173. The number of para-hydroxylation sites is 1. The van der Waals surface area contributed by atoms with E-state index in [1.54, 1.807) is 12.1 Å². The number of carboxylic acids is 1. The smallest absolute Gasteiger partial charge is 0.475 e. The van der Waals surface area contributed by atoms with Crippen molar-refractivity contribution in [1.82, 2.24) is 9.97 Å². The average molecular weight is 584 g/mol. The standard InChI is InChI=1S/C28H28FN5O.C2HF3O2/c1-20-18-26(34-28(31-20)30-17-16-21-12-14-23(29)15-13-21)33-25(19-22-8-4-2-5-9-22)27(35)32-24-10-6-3-7-11-24;3-2(4,5)1(6)7/h2-15,18,25H,16-17,19H2,1H3,(H,32,35)(H2,30,31,33,34);(H,6,7)/t25-;/m0./s1. The van der Waals surface area contributed by atoms with Crippen LogP contribution in [-0.4, -0.2) is 45.7 Å². The molecule has 220 valence electrons. The van der Waals surface area contributed by atoms with Gasteiger partial charge in [-0.3, -0.25) is 4.79 Å². The van der Waals surface area contributed by atoms with Crippen molar-refractivity contribution in [3.63, 3.8) is 0 Å². The Balaban J connectivity index is 0.000000616. The highest BCUT2D eigenvalue weighted by molar-refractivity contribution is 5.96. The van der Waals surface area contributed by atoms with Gasteiger partial charge in [0.2, 0.25) is 11.9 Å². The fourth-order valence-electron chi connectivity index (χ4n) is 3.68. The Morgan fingerprint density at radius 1 is 0.881 bits per heavy atom. The molecule has 8 nitrogen and oxygen atoms in total. The zero-order chi connectivity index (χ0) is 30.5. The van der Waals surface area contributed by atoms with E-state index in [0.29, 0.717) is 31.2 Å². The number of nitrogens with one attached hydrogen (secondary N) is 3. The van der Waals surface area contributed by atoms with Crippen molar-refractivity contribution in [2.75, 3.05) is 22.5 Å². The fraction of sp³-hybridized carbons (Fsp3) is 0.200. The Kier molecular flexibility index (Phi) is 11.4. The molecule has 0 aliphatic heterocycles. The summed E-state index contributed by atoms with van der Waals surface area (Å²) in [6.07, 6.45) is -3.88. The molecular formula is C30H29F4N5O3. The summed E-state index contributed by atoms with van der Waals surface area (Å²) in [7, 11) is 0. The summed E-state index contributed by atoms with van der Waals surface area (Å²) in [4.78, 5) is 31.1. The van der Waals surface area contributed by atoms with Gasteiger partial charge < -0.3 is 21.1 Å². The van der Waals surface area contributed by atoms with E-state index in [9.17, 15) is 22.4 Å². The van der Waals surface area contributed by atoms with Gasteiger partial charge in [-0.05, 0) is 48.7 Å². The van der Waals surface area contributed by atoms with Crippen LogP contribution in [0.5, 0.6) is 0 Å². The summed E-state index contributed by atoms with van der Waals surface area (Å²) in [6, 6.07) is 27.0. The lowest BCUT2D eigenvalue weighted by molar-refractivity contribution is -0.192. The first kappa shape index (κ1) is 31.5. The van der Waals surface area contributed by atoms with Crippen molar-refractivity contribution in [1.29, 1.82) is 0 Å². The Labute approximate surface area is 239 Å². The van der Waals surface area contributed by atoms with Gasteiger partial charge in [0.05, 0.1) is 0 Å². The molecule has 4 aromatic rings. The second-order valence-corrected chi connectivity index (χ2v) is 9.07. The summed E-state index contributed by atoms with van der Waals surface area (Å²) >= 11 is 0. The summed E-state index contributed by atoms with van der Waals surface area (Å²) < 4.78 is 44.8. The summed E-state index contributed by atoms with van der Waals surface area (Å²) in [5.74, 6) is -2.13.